The summed E-state index contributed by atoms with van der Waals surface area (Å²) < 4.78 is 19.5. The first-order valence-corrected chi connectivity index (χ1v) is 9.82. The van der Waals surface area contributed by atoms with Gasteiger partial charge in [-0.1, -0.05) is 36.4 Å². The van der Waals surface area contributed by atoms with E-state index < -0.39 is 5.91 Å². The van der Waals surface area contributed by atoms with E-state index >= 15 is 0 Å². The Kier molecular flexibility index (Phi) is 6.84. The van der Waals surface area contributed by atoms with Gasteiger partial charge in [-0.15, -0.1) is 0 Å². The first kappa shape index (κ1) is 21.8. The largest absolute Gasteiger partial charge is 0.497 e. The third kappa shape index (κ3) is 5.18. The van der Waals surface area contributed by atoms with Crippen LogP contribution in [0.3, 0.4) is 0 Å². The molecule has 0 unspecified atom stereocenters. The summed E-state index contributed by atoms with van der Waals surface area (Å²) in [5.74, 6) is -0.195. The normalized spacial score (nSPS) is 11.0. The molecule has 0 fully saturated rings. The second-order valence-electron chi connectivity index (χ2n) is 7.20. The van der Waals surface area contributed by atoms with E-state index in [0.29, 0.717) is 29.0 Å². The monoisotopic (exact) mass is 414 g/mol. The topological polar surface area (TPSA) is 62.1 Å². The van der Waals surface area contributed by atoms with E-state index in [2.05, 4.69) is 5.32 Å². The number of anilines is 1. The zero-order valence-corrected chi connectivity index (χ0v) is 17.7. The number of rotatable bonds is 6. The molecule has 3 aromatic rings. The second kappa shape index (κ2) is 9.73. The lowest BCUT2D eigenvalue weighted by Crippen LogP contribution is -2.14. The van der Waals surface area contributed by atoms with E-state index in [-0.39, 0.29) is 11.4 Å². The zero-order valence-electron chi connectivity index (χ0n) is 17.7. The van der Waals surface area contributed by atoms with Gasteiger partial charge in [0.05, 0.1) is 7.11 Å². The zero-order chi connectivity index (χ0) is 22.4. The molecule has 0 saturated carbocycles. The van der Waals surface area contributed by atoms with Gasteiger partial charge in [0.1, 0.15) is 23.2 Å². The van der Waals surface area contributed by atoms with Crippen LogP contribution in [0.1, 0.15) is 27.8 Å². The summed E-state index contributed by atoms with van der Waals surface area (Å²) >= 11 is 0. The van der Waals surface area contributed by atoms with E-state index in [9.17, 15) is 14.4 Å². The van der Waals surface area contributed by atoms with Gasteiger partial charge in [0.2, 0.25) is 0 Å². The van der Waals surface area contributed by atoms with Gasteiger partial charge in [-0.3, -0.25) is 4.79 Å². The van der Waals surface area contributed by atoms with Gasteiger partial charge in [0.15, 0.2) is 0 Å². The van der Waals surface area contributed by atoms with Gasteiger partial charge in [-0.25, -0.2) is 4.39 Å². The minimum atomic E-state index is -0.496. The molecule has 0 atom stereocenters. The van der Waals surface area contributed by atoms with Gasteiger partial charge in [-0.2, -0.15) is 5.26 Å². The molecule has 0 aliphatic heterocycles. The van der Waals surface area contributed by atoms with Crippen molar-refractivity contribution in [2.24, 2.45) is 0 Å². The first-order valence-electron chi connectivity index (χ1n) is 9.82. The number of aryl methyl sites for hydroxylation is 1. The van der Waals surface area contributed by atoms with Crippen molar-refractivity contribution >= 4 is 17.7 Å². The molecule has 0 radical (unpaired) electrons. The van der Waals surface area contributed by atoms with Crippen LogP contribution < -0.4 is 10.1 Å². The van der Waals surface area contributed by atoms with Crippen molar-refractivity contribution in [1.29, 1.82) is 5.26 Å². The molecule has 31 heavy (non-hydrogen) atoms. The molecular weight excluding hydrogens is 391 g/mol. The Labute approximate surface area is 181 Å². The molecule has 5 heteroatoms. The number of halogens is 1. The van der Waals surface area contributed by atoms with Crippen LogP contribution in [0.4, 0.5) is 10.1 Å². The standard InChI is InChI=1S/C26H23FN2O2/c1-17-7-6-10-25(18(17)2)29-26(30)22(16-28)13-19-11-12-23(31-3)15-21(19)14-20-8-4-5-9-24(20)27/h4-13,15H,14H2,1-3H3,(H,29,30)/b22-13+. The van der Waals surface area contributed by atoms with Crippen LogP contribution in [0.15, 0.2) is 66.2 Å². The molecular formula is C26H23FN2O2. The molecule has 4 nitrogen and oxygen atoms in total. The number of nitrogens with one attached hydrogen (secondary N) is 1. The second-order valence-corrected chi connectivity index (χ2v) is 7.20. The SMILES string of the molecule is COc1ccc(/C=C(\C#N)C(=O)Nc2cccc(C)c2C)c(Cc2ccccc2F)c1. The fourth-order valence-corrected chi connectivity index (χ4v) is 3.23. The molecule has 0 aromatic heterocycles. The van der Waals surface area contributed by atoms with Crippen molar-refractivity contribution in [2.45, 2.75) is 20.3 Å². The van der Waals surface area contributed by atoms with Gasteiger partial charge >= 0.3 is 0 Å². The predicted molar refractivity (Wildman–Crippen MR) is 120 cm³/mol. The third-order valence-electron chi connectivity index (χ3n) is 5.21. The fourth-order valence-electron chi connectivity index (χ4n) is 3.23. The molecule has 0 bridgehead atoms. The van der Waals surface area contributed by atoms with Crippen molar-refractivity contribution in [1.82, 2.24) is 0 Å². The molecule has 156 valence electrons. The summed E-state index contributed by atoms with van der Waals surface area (Å²) in [4.78, 5) is 12.8. The van der Waals surface area contributed by atoms with Gasteiger partial charge in [0, 0.05) is 12.1 Å². The average Bonchev–Trinajstić information content (AvgIpc) is 2.77. The summed E-state index contributed by atoms with van der Waals surface area (Å²) in [5, 5.41) is 12.4. The molecule has 0 aliphatic carbocycles. The van der Waals surface area contributed by atoms with Crippen LogP contribution in [0.2, 0.25) is 0 Å². The summed E-state index contributed by atoms with van der Waals surface area (Å²) in [6, 6.07) is 19.4. The predicted octanol–water partition coefficient (Wildman–Crippen LogP) is 5.59. The molecule has 1 N–H and O–H groups in total. The van der Waals surface area contributed by atoms with E-state index in [1.54, 1.807) is 49.6 Å². The van der Waals surface area contributed by atoms with Crippen LogP contribution in [0.25, 0.3) is 6.08 Å². The quantitative estimate of drug-likeness (QED) is 0.423. The molecule has 0 aliphatic rings. The van der Waals surface area contributed by atoms with Crippen LogP contribution in [-0.2, 0) is 11.2 Å². The number of nitrogens with zero attached hydrogens (tertiary/aromatic N) is 1. The number of nitriles is 1. The summed E-state index contributed by atoms with van der Waals surface area (Å²) in [7, 11) is 1.55. The highest BCUT2D eigenvalue weighted by Gasteiger charge is 2.14. The van der Waals surface area contributed by atoms with E-state index in [4.69, 9.17) is 4.74 Å². The smallest absolute Gasteiger partial charge is 0.266 e. The maximum Gasteiger partial charge on any atom is 0.266 e. The maximum atomic E-state index is 14.2. The molecule has 0 heterocycles. The number of benzene rings is 3. The lowest BCUT2D eigenvalue weighted by atomic mass is 9.97. The Morgan fingerprint density at radius 1 is 1.10 bits per heavy atom. The number of methoxy groups -OCH3 is 1. The Bertz CT molecular complexity index is 1190. The lowest BCUT2D eigenvalue weighted by molar-refractivity contribution is -0.112. The van der Waals surface area contributed by atoms with Crippen LogP contribution >= 0.6 is 0 Å². The van der Waals surface area contributed by atoms with Crippen molar-refractivity contribution in [2.75, 3.05) is 12.4 Å². The van der Waals surface area contributed by atoms with Gasteiger partial charge in [-0.05, 0) is 72.0 Å². The molecule has 3 aromatic carbocycles. The molecule has 3 rings (SSSR count). The van der Waals surface area contributed by atoms with Crippen molar-refractivity contribution in [3.05, 3.63) is 99.9 Å². The van der Waals surface area contributed by atoms with E-state index in [0.717, 1.165) is 16.7 Å². The highest BCUT2D eigenvalue weighted by atomic mass is 19.1. The van der Waals surface area contributed by atoms with E-state index in [1.807, 2.05) is 32.0 Å². The number of hydrogen-bond donors (Lipinski definition) is 1. The Hall–Kier alpha value is -3.91. The van der Waals surface area contributed by atoms with Gasteiger partial charge in [0.25, 0.3) is 5.91 Å². The van der Waals surface area contributed by atoms with Crippen LogP contribution in [0, 0.1) is 31.0 Å². The van der Waals surface area contributed by atoms with Crippen LogP contribution in [0.5, 0.6) is 5.75 Å². The Morgan fingerprint density at radius 3 is 2.58 bits per heavy atom. The van der Waals surface area contributed by atoms with Crippen molar-refractivity contribution < 1.29 is 13.9 Å². The van der Waals surface area contributed by atoms with Crippen molar-refractivity contribution in [3.63, 3.8) is 0 Å². The average molecular weight is 414 g/mol. The Balaban J connectivity index is 1.96. The van der Waals surface area contributed by atoms with Gasteiger partial charge < -0.3 is 10.1 Å². The third-order valence-corrected chi connectivity index (χ3v) is 5.21. The minimum absolute atomic E-state index is 0.0409. The Morgan fingerprint density at radius 2 is 1.87 bits per heavy atom. The lowest BCUT2D eigenvalue weighted by Gasteiger charge is -2.12. The summed E-state index contributed by atoms with van der Waals surface area (Å²) in [6.07, 6.45) is 1.82. The fraction of sp³-hybridized carbons (Fsp3) is 0.154. The number of hydrogen-bond acceptors (Lipinski definition) is 3. The number of ether oxygens (including phenoxy) is 1. The molecule has 0 spiro atoms. The molecule has 0 saturated heterocycles. The van der Waals surface area contributed by atoms with Crippen molar-refractivity contribution in [3.8, 4) is 11.8 Å². The van der Waals surface area contributed by atoms with Crippen LogP contribution in [-0.4, -0.2) is 13.0 Å². The number of carbonyl (C=O) groups excluding carboxylic acids is 1. The highest BCUT2D eigenvalue weighted by Crippen LogP contribution is 2.25. The first-order chi connectivity index (χ1) is 14.9. The van der Waals surface area contributed by atoms with E-state index in [1.165, 1.54) is 12.1 Å². The molecule has 1 amide bonds. The summed E-state index contributed by atoms with van der Waals surface area (Å²) in [5.41, 5.74) is 4.52. The minimum Gasteiger partial charge on any atom is -0.497 e. The highest BCUT2D eigenvalue weighted by molar-refractivity contribution is 6.10. The number of carbonyl (C=O) groups is 1. The summed E-state index contributed by atoms with van der Waals surface area (Å²) in [6.45, 7) is 3.87. The maximum absolute atomic E-state index is 14.2. The number of amides is 1.